The first-order chi connectivity index (χ1) is 20.1. The molecule has 2 aliphatic heterocycles. The minimum absolute atomic E-state index is 0.101. The molecular formula is C32H39N5O5. The molecule has 42 heavy (non-hydrogen) atoms. The fourth-order valence-corrected chi connectivity index (χ4v) is 5.93. The van der Waals surface area contributed by atoms with Crippen molar-refractivity contribution in [3.8, 4) is 0 Å². The lowest BCUT2D eigenvalue weighted by Gasteiger charge is -2.43. The van der Waals surface area contributed by atoms with Gasteiger partial charge in [-0.25, -0.2) is 0 Å². The molecule has 0 saturated carbocycles. The molecule has 0 bridgehead atoms. The van der Waals surface area contributed by atoms with Crippen molar-refractivity contribution in [1.29, 1.82) is 0 Å². The van der Waals surface area contributed by atoms with Crippen LogP contribution in [-0.2, 0) is 20.9 Å². The quantitative estimate of drug-likeness (QED) is 0.267. The van der Waals surface area contributed by atoms with Gasteiger partial charge in [-0.15, -0.1) is 0 Å². The Morgan fingerprint density at radius 3 is 2.55 bits per heavy atom. The SMILES string of the molecule is CC1(C)CCN(C(=O)c2cc3ccccc3[nH]2)[C@H](C(=O)N[C@@H](CC2CCNC2=O)C(O)C(=O)NCc2ccccc2)C1. The highest BCUT2D eigenvalue weighted by molar-refractivity contribution is 6.00. The Bertz CT molecular complexity index is 1420. The lowest BCUT2D eigenvalue weighted by molar-refractivity contribution is -0.136. The van der Waals surface area contributed by atoms with Crippen LogP contribution in [0.5, 0.6) is 0 Å². The van der Waals surface area contributed by atoms with Crippen molar-refractivity contribution in [3.05, 3.63) is 71.9 Å². The first kappa shape index (κ1) is 29.3. The number of hydrogen-bond donors (Lipinski definition) is 5. The molecule has 10 heteroatoms. The predicted molar refractivity (Wildman–Crippen MR) is 158 cm³/mol. The standard InChI is InChI=1S/C32H39N5O5/c1-32(2)13-15-37(31(42)25-16-21-10-6-7-11-23(21)35-25)26(18-32)29(40)36-24(17-22-12-14-33-28(22)39)27(38)30(41)34-19-20-8-4-3-5-9-20/h3-11,16,22,24,26-27,35,38H,12-15,17-19H2,1-2H3,(H,33,39)(H,34,41)(H,36,40)/t22?,24-,26-,27?/m0/s1. The molecule has 0 aliphatic carbocycles. The van der Waals surface area contributed by atoms with Gasteiger partial charge in [-0.05, 0) is 48.8 Å². The van der Waals surface area contributed by atoms with Gasteiger partial charge in [0, 0.05) is 36.5 Å². The van der Waals surface area contributed by atoms with Crippen molar-refractivity contribution < 1.29 is 24.3 Å². The summed E-state index contributed by atoms with van der Waals surface area (Å²) in [6.45, 7) is 5.22. The first-order valence-corrected chi connectivity index (χ1v) is 14.6. The first-order valence-electron chi connectivity index (χ1n) is 14.6. The maximum Gasteiger partial charge on any atom is 0.270 e. The molecule has 1 aromatic heterocycles. The van der Waals surface area contributed by atoms with Crippen molar-refractivity contribution in [3.63, 3.8) is 0 Å². The number of aliphatic hydroxyl groups excluding tert-OH is 1. The van der Waals surface area contributed by atoms with Crippen LogP contribution in [0.15, 0.2) is 60.7 Å². The zero-order chi connectivity index (χ0) is 29.9. The zero-order valence-corrected chi connectivity index (χ0v) is 24.1. The minimum atomic E-state index is -1.58. The molecule has 10 nitrogen and oxygen atoms in total. The van der Waals surface area contributed by atoms with Crippen LogP contribution in [-0.4, -0.2) is 69.9 Å². The van der Waals surface area contributed by atoms with E-state index >= 15 is 0 Å². The van der Waals surface area contributed by atoms with Crippen LogP contribution >= 0.6 is 0 Å². The summed E-state index contributed by atoms with van der Waals surface area (Å²) in [5, 5.41) is 20.4. The van der Waals surface area contributed by atoms with Crippen LogP contribution in [0.2, 0.25) is 0 Å². The van der Waals surface area contributed by atoms with Crippen LogP contribution in [0.1, 0.15) is 55.6 Å². The number of aromatic nitrogens is 1. The summed E-state index contributed by atoms with van der Waals surface area (Å²) in [5.41, 5.74) is 1.89. The number of nitrogens with zero attached hydrogens (tertiary/aromatic N) is 1. The monoisotopic (exact) mass is 573 g/mol. The van der Waals surface area contributed by atoms with Crippen molar-refractivity contribution in [2.45, 2.75) is 64.3 Å². The lowest BCUT2D eigenvalue weighted by Crippen LogP contribution is -2.59. The van der Waals surface area contributed by atoms with Gasteiger partial charge in [-0.3, -0.25) is 19.2 Å². The summed E-state index contributed by atoms with van der Waals surface area (Å²) in [5.74, 6) is -1.99. The van der Waals surface area contributed by atoms with E-state index in [2.05, 4.69) is 34.8 Å². The third-order valence-electron chi connectivity index (χ3n) is 8.46. The second-order valence-electron chi connectivity index (χ2n) is 12.2. The minimum Gasteiger partial charge on any atom is -0.381 e. The van der Waals surface area contributed by atoms with E-state index < -0.39 is 35.9 Å². The van der Waals surface area contributed by atoms with E-state index in [0.29, 0.717) is 31.6 Å². The van der Waals surface area contributed by atoms with E-state index in [1.54, 1.807) is 11.0 Å². The molecular weight excluding hydrogens is 534 g/mol. The van der Waals surface area contributed by atoms with Gasteiger partial charge in [0.2, 0.25) is 11.8 Å². The van der Waals surface area contributed by atoms with E-state index in [9.17, 15) is 24.3 Å². The van der Waals surface area contributed by atoms with E-state index in [0.717, 1.165) is 22.9 Å². The zero-order valence-electron chi connectivity index (χ0n) is 24.1. The highest BCUT2D eigenvalue weighted by Gasteiger charge is 2.42. The lowest BCUT2D eigenvalue weighted by atomic mass is 9.78. The smallest absolute Gasteiger partial charge is 0.270 e. The van der Waals surface area contributed by atoms with Crippen molar-refractivity contribution >= 4 is 34.5 Å². The average molecular weight is 574 g/mol. The Kier molecular flexibility index (Phi) is 8.63. The largest absolute Gasteiger partial charge is 0.381 e. The highest BCUT2D eigenvalue weighted by Crippen LogP contribution is 2.35. The number of H-pyrrole nitrogens is 1. The van der Waals surface area contributed by atoms with Crippen LogP contribution in [0.25, 0.3) is 10.9 Å². The number of fused-ring (bicyclic) bond motifs is 1. The number of piperidine rings is 1. The van der Waals surface area contributed by atoms with Gasteiger partial charge in [-0.1, -0.05) is 62.4 Å². The molecule has 0 spiro atoms. The second kappa shape index (κ2) is 12.4. The number of nitrogens with one attached hydrogen (secondary N) is 4. The summed E-state index contributed by atoms with van der Waals surface area (Å²) in [4.78, 5) is 57.8. The van der Waals surface area contributed by atoms with Crippen molar-refractivity contribution in [2.75, 3.05) is 13.1 Å². The van der Waals surface area contributed by atoms with Gasteiger partial charge < -0.3 is 30.9 Å². The fraction of sp³-hybridized carbons (Fsp3) is 0.438. The third kappa shape index (κ3) is 6.65. The van der Waals surface area contributed by atoms with Gasteiger partial charge in [0.05, 0.1) is 6.04 Å². The van der Waals surface area contributed by atoms with Gasteiger partial charge in [-0.2, -0.15) is 0 Å². The Balaban J connectivity index is 1.35. The normalized spacial score (nSPS) is 21.4. The maximum absolute atomic E-state index is 13.9. The molecule has 2 unspecified atom stereocenters. The summed E-state index contributed by atoms with van der Waals surface area (Å²) in [6.07, 6.45) is 0.200. The van der Waals surface area contributed by atoms with E-state index in [1.807, 2.05) is 54.6 Å². The Morgan fingerprint density at radius 2 is 1.83 bits per heavy atom. The fourth-order valence-electron chi connectivity index (χ4n) is 5.93. The van der Waals surface area contributed by atoms with Gasteiger partial charge in [0.1, 0.15) is 11.7 Å². The van der Waals surface area contributed by atoms with Gasteiger partial charge in [0.15, 0.2) is 6.10 Å². The highest BCUT2D eigenvalue weighted by atomic mass is 16.3. The average Bonchev–Trinajstić information content (AvgIpc) is 3.60. The molecule has 5 rings (SSSR count). The molecule has 0 radical (unpaired) electrons. The summed E-state index contributed by atoms with van der Waals surface area (Å²) < 4.78 is 0. The second-order valence-corrected chi connectivity index (χ2v) is 12.2. The number of amides is 4. The van der Waals surface area contributed by atoms with Crippen LogP contribution in [0.4, 0.5) is 0 Å². The summed E-state index contributed by atoms with van der Waals surface area (Å²) in [6, 6.07) is 16.9. The van der Waals surface area contributed by atoms with E-state index in [1.165, 1.54) is 0 Å². The summed E-state index contributed by atoms with van der Waals surface area (Å²) >= 11 is 0. The number of aromatic amines is 1. The topological polar surface area (TPSA) is 144 Å². The molecule has 2 aromatic carbocycles. The molecule has 3 heterocycles. The third-order valence-corrected chi connectivity index (χ3v) is 8.46. The maximum atomic E-state index is 13.9. The van der Waals surface area contributed by atoms with Crippen LogP contribution in [0, 0.1) is 11.3 Å². The number of benzene rings is 2. The number of likely N-dealkylation sites (tertiary alicyclic amines) is 1. The molecule has 2 fully saturated rings. The van der Waals surface area contributed by atoms with Crippen LogP contribution < -0.4 is 16.0 Å². The molecule has 222 valence electrons. The molecule has 4 atom stereocenters. The Labute approximate surface area is 245 Å². The summed E-state index contributed by atoms with van der Waals surface area (Å²) in [7, 11) is 0. The van der Waals surface area contributed by atoms with Crippen molar-refractivity contribution in [2.24, 2.45) is 11.3 Å². The number of para-hydroxylation sites is 1. The number of hydrogen-bond acceptors (Lipinski definition) is 5. The Morgan fingerprint density at radius 1 is 1.10 bits per heavy atom. The predicted octanol–water partition coefficient (Wildman–Crippen LogP) is 2.49. The van der Waals surface area contributed by atoms with Gasteiger partial charge in [0.25, 0.3) is 11.8 Å². The number of carbonyl (C=O) groups excluding carboxylic acids is 4. The Hall–Kier alpha value is -4.18. The number of rotatable bonds is 9. The molecule has 4 amide bonds. The van der Waals surface area contributed by atoms with Crippen molar-refractivity contribution in [1.82, 2.24) is 25.8 Å². The van der Waals surface area contributed by atoms with Gasteiger partial charge >= 0.3 is 0 Å². The van der Waals surface area contributed by atoms with Crippen LogP contribution in [0.3, 0.4) is 0 Å². The molecule has 2 aliphatic rings. The number of carbonyl (C=O) groups is 4. The molecule has 3 aromatic rings. The molecule has 2 saturated heterocycles. The number of aliphatic hydroxyl groups is 1. The molecule has 5 N–H and O–H groups in total. The van der Waals surface area contributed by atoms with E-state index in [4.69, 9.17) is 0 Å². The van der Waals surface area contributed by atoms with E-state index in [-0.39, 0.29) is 30.2 Å².